The van der Waals surface area contributed by atoms with Crippen molar-refractivity contribution in [2.75, 3.05) is 18.4 Å². The zero-order valence-electron chi connectivity index (χ0n) is 14.8. The molecule has 0 atom stereocenters. The van der Waals surface area contributed by atoms with E-state index in [1.165, 1.54) is 11.3 Å². The molecule has 1 saturated heterocycles. The normalized spacial score (nSPS) is 14.8. The van der Waals surface area contributed by atoms with Gasteiger partial charge >= 0.3 is 0 Å². The van der Waals surface area contributed by atoms with Gasteiger partial charge in [-0.3, -0.25) is 9.59 Å². The van der Waals surface area contributed by atoms with Crippen LogP contribution in [0, 0.1) is 5.92 Å². The number of hydrogen-bond donors (Lipinski definition) is 1. The highest BCUT2D eigenvalue weighted by Gasteiger charge is 2.29. The fourth-order valence-corrected chi connectivity index (χ4v) is 4.99. The first-order valence-electron chi connectivity index (χ1n) is 8.81. The van der Waals surface area contributed by atoms with Crippen LogP contribution in [0.5, 0.6) is 0 Å². The number of likely N-dealkylation sites (tertiary alicyclic amines) is 1. The number of nitrogens with one attached hydrogen (secondary N) is 1. The van der Waals surface area contributed by atoms with Gasteiger partial charge in [-0.25, -0.2) is 9.97 Å². The Morgan fingerprint density at radius 2 is 1.96 bits per heavy atom. The predicted octanol–water partition coefficient (Wildman–Crippen LogP) is 4.52. The van der Waals surface area contributed by atoms with Crippen LogP contribution in [-0.2, 0) is 4.79 Å². The average molecular weight is 477 g/mol. The number of piperidine rings is 1. The average Bonchev–Trinajstić information content (AvgIpc) is 3.41. The molecule has 1 aliphatic rings. The molecule has 3 aromatic rings. The van der Waals surface area contributed by atoms with E-state index >= 15 is 0 Å². The predicted molar refractivity (Wildman–Crippen MR) is 115 cm³/mol. The molecule has 28 heavy (non-hydrogen) atoms. The quantitative estimate of drug-likeness (QED) is 0.600. The van der Waals surface area contributed by atoms with Crippen molar-refractivity contribution in [2.45, 2.75) is 12.8 Å². The lowest BCUT2D eigenvalue weighted by Crippen LogP contribution is -2.41. The number of nitrogens with zero attached hydrogens (tertiary/aromatic N) is 3. The van der Waals surface area contributed by atoms with Crippen molar-refractivity contribution < 1.29 is 9.59 Å². The lowest BCUT2D eigenvalue weighted by molar-refractivity contribution is -0.121. The van der Waals surface area contributed by atoms with E-state index in [9.17, 15) is 9.59 Å². The number of thiophene rings is 1. The number of amides is 2. The number of carbonyl (C=O) groups excluding carboxylic acids is 2. The molecule has 4 rings (SSSR count). The van der Waals surface area contributed by atoms with Crippen molar-refractivity contribution in [3.8, 4) is 9.88 Å². The highest BCUT2D eigenvalue weighted by atomic mass is 79.9. The van der Waals surface area contributed by atoms with Crippen LogP contribution < -0.4 is 5.32 Å². The van der Waals surface area contributed by atoms with Crippen LogP contribution in [0.1, 0.15) is 22.5 Å². The second-order valence-electron chi connectivity index (χ2n) is 6.42. The molecular weight excluding hydrogens is 460 g/mol. The summed E-state index contributed by atoms with van der Waals surface area (Å²) in [7, 11) is 0. The maximum atomic E-state index is 12.8. The first-order chi connectivity index (χ1) is 13.6. The number of hydrogen-bond acceptors (Lipinski definition) is 6. The van der Waals surface area contributed by atoms with E-state index in [-0.39, 0.29) is 17.7 Å². The van der Waals surface area contributed by atoms with Gasteiger partial charge in [0.1, 0.15) is 15.7 Å². The minimum absolute atomic E-state index is 0.00580. The van der Waals surface area contributed by atoms with Crippen molar-refractivity contribution in [2.24, 2.45) is 5.92 Å². The SMILES string of the molecule is O=C(Nc1ccc(Br)cn1)C1CCN(C(=O)c2cnc(-c3cccs3)s2)CC1. The Kier molecular flexibility index (Phi) is 5.84. The van der Waals surface area contributed by atoms with Gasteiger partial charge in [0, 0.05) is 29.7 Å². The summed E-state index contributed by atoms with van der Waals surface area (Å²) in [6, 6.07) is 7.57. The molecule has 6 nitrogen and oxygen atoms in total. The number of thiazole rings is 1. The van der Waals surface area contributed by atoms with Gasteiger partial charge in [-0.2, -0.15) is 0 Å². The molecule has 2 amide bonds. The van der Waals surface area contributed by atoms with Gasteiger partial charge in [0.25, 0.3) is 5.91 Å². The second kappa shape index (κ2) is 8.50. The molecule has 0 spiro atoms. The van der Waals surface area contributed by atoms with Gasteiger partial charge < -0.3 is 10.2 Å². The van der Waals surface area contributed by atoms with E-state index in [0.29, 0.717) is 36.6 Å². The molecule has 0 aliphatic carbocycles. The number of anilines is 1. The van der Waals surface area contributed by atoms with E-state index < -0.39 is 0 Å². The molecular formula is C19H17BrN4O2S2. The third kappa shape index (κ3) is 4.31. The summed E-state index contributed by atoms with van der Waals surface area (Å²) in [4.78, 5) is 37.3. The largest absolute Gasteiger partial charge is 0.338 e. The molecule has 0 saturated carbocycles. The molecule has 3 aromatic heterocycles. The summed E-state index contributed by atoms with van der Waals surface area (Å²) in [5.41, 5.74) is 0. The van der Waals surface area contributed by atoms with Crippen molar-refractivity contribution in [1.82, 2.24) is 14.9 Å². The first-order valence-corrected chi connectivity index (χ1v) is 11.3. The number of carbonyl (C=O) groups is 2. The van der Waals surface area contributed by atoms with E-state index in [0.717, 1.165) is 14.4 Å². The minimum atomic E-state index is -0.113. The summed E-state index contributed by atoms with van der Waals surface area (Å²) in [6.07, 6.45) is 4.59. The van der Waals surface area contributed by atoms with Crippen molar-refractivity contribution in [3.05, 3.63) is 51.4 Å². The summed E-state index contributed by atoms with van der Waals surface area (Å²) in [6.45, 7) is 1.13. The van der Waals surface area contributed by atoms with Gasteiger partial charge in [0.05, 0.1) is 11.1 Å². The number of pyridine rings is 1. The van der Waals surface area contributed by atoms with Crippen LogP contribution >= 0.6 is 38.6 Å². The lowest BCUT2D eigenvalue weighted by atomic mass is 9.96. The fraction of sp³-hybridized carbons (Fsp3) is 0.263. The van der Waals surface area contributed by atoms with Crippen LogP contribution in [0.25, 0.3) is 9.88 Å². The molecule has 0 unspecified atom stereocenters. The second-order valence-corrected chi connectivity index (χ2v) is 9.32. The zero-order valence-corrected chi connectivity index (χ0v) is 18.0. The Morgan fingerprint density at radius 3 is 2.64 bits per heavy atom. The molecule has 4 heterocycles. The van der Waals surface area contributed by atoms with Crippen LogP contribution in [0.4, 0.5) is 5.82 Å². The summed E-state index contributed by atoms with van der Waals surface area (Å²) < 4.78 is 0.864. The maximum absolute atomic E-state index is 12.8. The van der Waals surface area contributed by atoms with Crippen LogP contribution in [-0.4, -0.2) is 39.8 Å². The van der Waals surface area contributed by atoms with Crippen LogP contribution in [0.15, 0.2) is 46.5 Å². The lowest BCUT2D eigenvalue weighted by Gasteiger charge is -2.30. The monoisotopic (exact) mass is 476 g/mol. The topological polar surface area (TPSA) is 75.2 Å². The fourth-order valence-electron chi connectivity index (χ4n) is 3.07. The first kappa shape index (κ1) is 19.2. The summed E-state index contributed by atoms with van der Waals surface area (Å²) in [5, 5.41) is 5.72. The van der Waals surface area contributed by atoms with Crippen LogP contribution in [0.3, 0.4) is 0 Å². The molecule has 1 aliphatic heterocycles. The molecule has 144 valence electrons. The smallest absolute Gasteiger partial charge is 0.265 e. The van der Waals surface area contributed by atoms with E-state index in [4.69, 9.17) is 0 Å². The Hall–Kier alpha value is -2.10. The Labute approximate surface area is 178 Å². The number of halogens is 1. The highest BCUT2D eigenvalue weighted by molar-refractivity contribution is 9.10. The molecule has 0 radical (unpaired) electrons. The van der Waals surface area contributed by atoms with Crippen LogP contribution in [0.2, 0.25) is 0 Å². The third-order valence-electron chi connectivity index (χ3n) is 4.58. The standard InChI is InChI=1S/C19H17BrN4O2S2/c20-13-3-4-16(21-10-13)23-17(25)12-5-7-24(8-6-12)19(26)15-11-22-18(28-15)14-2-1-9-27-14/h1-4,9-12H,5-8H2,(H,21,23,25). The van der Waals surface area contributed by atoms with Gasteiger partial charge in [0.2, 0.25) is 5.91 Å². The summed E-state index contributed by atoms with van der Waals surface area (Å²) >= 11 is 6.36. The molecule has 1 fully saturated rings. The van der Waals surface area contributed by atoms with Gasteiger partial charge in [-0.05, 0) is 52.4 Å². The molecule has 1 N–H and O–H groups in total. The van der Waals surface area contributed by atoms with Gasteiger partial charge in [0.15, 0.2) is 0 Å². The van der Waals surface area contributed by atoms with Crippen molar-refractivity contribution >= 4 is 56.2 Å². The van der Waals surface area contributed by atoms with E-state index in [1.807, 2.05) is 28.5 Å². The van der Waals surface area contributed by atoms with Crippen molar-refractivity contribution in [1.29, 1.82) is 0 Å². The number of aromatic nitrogens is 2. The number of rotatable bonds is 4. The van der Waals surface area contributed by atoms with E-state index in [2.05, 4.69) is 31.2 Å². The third-order valence-corrected chi connectivity index (χ3v) is 7.07. The Balaban J connectivity index is 1.33. The van der Waals surface area contributed by atoms with E-state index in [1.54, 1.807) is 29.8 Å². The molecule has 0 aromatic carbocycles. The van der Waals surface area contributed by atoms with Gasteiger partial charge in [-0.15, -0.1) is 22.7 Å². The summed E-state index contributed by atoms with van der Waals surface area (Å²) in [5.74, 6) is 0.378. The minimum Gasteiger partial charge on any atom is -0.338 e. The Morgan fingerprint density at radius 1 is 1.14 bits per heavy atom. The van der Waals surface area contributed by atoms with Gasteiger partial charge in [-0.1, -0.05) is 6.07 Å². The zero-order chi connectivity index (χ0) is 19.5. The molecule has 0 bridgehead atoms. The van der Waals surface area contributed by atoms with Crippen molar-refractivity contribution in [3.63, 3.8) is 0 Å². The molecule has 9 heteroatoms. The maximum Gasteiger partial charge on any atom is 0.265 e. The Bertz CT molecular complexity index is 964. The highest BCUT2D eigenvalue weighted by Crippen LogP contribution is 2.30.